The minimum absolute atomic E-state index is 0.0734. The van der Waals surface area contributed by atoms with Gasteiger partial charge in [0.15, 0.2) is 0 Å². The maximum Gasteiger partial charge on any atom is 0.482 e. The maximum atomic E-state index is 13.6. The van der Waals surface area contributed by atoms with Gasteiger partial charge in [0.1, 0.15) is 5.75 Å². The average Bonchev–Trinajstić information content (AvgIpc) is 2.40. The smallest absolute Gasteiger partial charge is 0.425 e. The second-order valence-electron chi connectivity index (χ2n) is 3.75. The molecule has 0 aliphatic heterocycles. The first-order chi connectivity index (χ1) is 9.08. The SMILES string of the molecule is O=C(Nc1ccccc1)C(F)(F)Oc1ccccc1. The Hall–Kier alpha value is -2.43. The molecule has 0 atom stereocenters. The van der Waals surface area contributed by atoms with Gasteiger partial charge < -0.3 is 10.1 Å². The van der Waals surface area contributed by atoms with Crippen LogP contribution in [0.15, 0.2) is 60.7 Å². The predicted molar refractivity (Wildman–Crippen MR) is 67.1 cm³/mol. The molecule has 2 aromatic carbocycles. The number of hydrogen-bond acceptors (Lipinski definition) is 2. The Kier molecular flexibility index (Phi) is 3.75. The topological polar surface area (TPSA) is 38.3 Å². The fourth-order valence-electron chi connectivity index (χ4n) is 1.41. The normalized spacial score (nSPS) is 10.8. The van der Waals surface area contributed by atoms with E-state index in [1.54, 1.807) is 36.4 Å². The number of halogens is 2. The third-order valence-corrected chi connectivity index (χ3v) is 2.29. The van der Waals surface area contributed by atoms with Crippen molar-refractivity contribution in [3.63, 3.8) is 0 Å². The lowest BCUT2D eigenvalue weighted by molar-refractivity contribution is -0.187. The van der Waals surface area contributed by atoms with Crippen LogP contribution in [0.4, 0.5) is 14.5 Å². The van der Waals surface area contributed by atoms with Gasteiger partial charge in [-0.3, -0.25) is 4.79 Å². The van der Waals surface area contributed by atoms with Crippen LogP contribution in [0.3, 0.4) is 0 Å². The molecule has 0 fully saturated rings. The van der Waals surface area contributed by atoms with E-state index < -0.39 is 12.0 Å². The number of alkyl halides is 2. The van der Waals surface area contributed by atoms with Gasteiger partial charge in [-0.2, -0.15) is 8.78 Å². The first kappa shape index (κ1) is 13.0. The van der Waals surface area contributed by atoms with E-state index >= 15 is 0 Å². The monoisotopic (exact) mass is 263 g/mol. The van der Waals surface area contributed by atoms with Crippen LogP contribution in [-0.4, -0.2) is 12.0 Å². The van der Waals surface area contributed by atoms with Crippen molar-refractivity contribution in [3.8, 4) is 5.75 Å². The second kappa shape index (κ2) is 5.48. The second-order valence-corrected chi connectivity index (χ2v) is 3.75. The van der Waals surface area contributed by atoms with E-state index in [0.717, 1.165) is 0 Å². The summed E-state index contributed by atoms with van der Waals surface area (Å²) < 4.78 is 31.5. The van der Waals surface area contributed by atoms with Crippen molar-refractivity contribution in [1.29, 1.82) is 0 Å². The molecule has 5 heteroatoms. The van der Waals surface area contributed by atoms with Gasteiger partial charge >= 0.3 is 12.0 Å². The summed E-state index contributed by atoms with van der Waals surface area (Å²) in [5, 5.41) is 2.09. The van der Waals surface area contributed by atoms with Gasteiger partial charge in [-0.25, -0.2) is 0 Å². The molecule has 0 saturated carbocycles. The molecular formula is C14H11F2NO2. The largest absolute Gasteiger partial charge is 0.482 e. The van der Waals surface area contributed by atoms with Crippen LogP contribution in [0.5, 0.6) is 5.75 Å². The van der Waals surface area contributed by atoms with Crippen LogP contribution in [0.25, 0.3) is 0 Å². The van der Waals surface area contributed by atoms with Crippen LogP contribution in [-0.2, 0) is 4.79 Å². The molecule has 0 unspecified atom stereocenters. The quantitative estimate of drug-likeness (QED) is 0.919. The molecule has 1 amide bonds. The molecule has 0 aromatic heterocycles. The number of para-hydroxylation sites is 2. The Morgan fingerprint density at radius 1 is 0.947 bits per heavy atom. The first-order valence-electron chi connectivity index (χ1n) is 5.56. The van der Waals surface area contributed by atoms with Crippen molar-refractivity contribution >= 4 is 11.6 Å². The highest BCUT2D eigenvalue weighted by Gasteiger charge is 2.42. The summed E-state index contributed by atoms with van der Waals surface area (Å²) in [6.45, 7) is 0. The summed E-state index contributed by atoms with van der Waals surface area (Å²) in [7, 11) is 0. The molecule has 2 rings (SSSR count). The molecule has 98 valence electrons. The summed E-state index contributed by atoms with van der Waals surface area (Å²) in [5.41, 5.74) is 0.281. The molecule has 0 aliphatic carbocycles. The van der Waals surface area contributed by atoms with Gasteiger partial charge in [0, 0.05) is 5.69 Å². The third-order valence-electron chi connectivity index (χ3n) is 2.29. The first-order valence-corrected chi connectivity index (χ1v) is 5.56. The van der Waals surface area contributed by atoms with Crippen molar-refractivity contribution in [1.82, 2.24) is 0 Å². The highest BCUT2D eigenvalue weighted by molar-refractivity contribution is 5.95. The van der Waals surface area contributed by atoms with E-state index in [1.807, 2.05) is 0 Å². The fraction of sp³-hybridized carbons (Fsp3) is 0.0714. The van der Waals surface area contributed by atoms with Gasteiger partial charge in [0.05, 0.1) is 0 Å². The van der Waals surface area contributed by atoms with Crippen molar-refractivity contribution in [2.75, 3.05) is 5.32 Å². The molecule has 0 spiro atoms. The highest BCUT2D eigenvalue weighted by Crippen LogP contribution is 2.22. The van der Waals surface area contributed by atoms with Gasteiger partial charge in [-0.15, -0.1) is 0 Å². The lowest BCUT2D eigenvalue weighted by atomic mass is 10.3. The average molecular weight is 263 g/mol. The summed E-state index contributed by atoms with van der Waals surface area (Å²) in [5.74, 6) is -1.58. The molecular weight excluding hydrogens is 252 g/mol. The Bertz CT molecular complexity index is 544. The fourth-order valence-corrected chi connectivity index (χ4v) is 1.41. The Morgan fingerprint density at radius 3 is 2.05 bits per heavy atom. The van der Waals surface area contributed by atoms with E-state index in [0.29, 0.717) is 0 Å². The molecule has 0 radical (unpaired) electrons. The minimum Gasteiger partial charge on any atom is -0.425 e. The van der Waals surface area contributed by atoms with Crippen LogP contribution in [0.1, 0.15) is 0 Å². The molecule has 3 nitrogen and oxygen atoms in total. The van der Waals surface area contributed by atoms with Gasteiger partial charge in [0.2, 0.25) is 0 Å². The number of anilines is 1. The number of carbonyl (C=O) groups is 1. The third kappa shape index (κ3) is 3.51. The minimum atomic E-state index is -3.93. The zero-order chi connectivity index (χ0) is 13.7. The van der Waals surface area contributed by atoms with Crippen LogP contribution < -0.4 is 10.1 Å². The summed E-state index contributed by atoms with van der Waals surface area (Å²) in [4.78, 5) is 11.5. The number of carbonyl (C=O) groups excluding carboxylic acids is 1. The molecule has 0 saturated heterocycles. The summed E-state index contributed by atoms with van der Waals surface area (Å²) in [6, 6.07) is 15.4. The number of nitrogens with one attached hydrogen (secondary N) is 1. The highest BCUT2D eigenvalue weighted by atomic mass is 19.3. The molecule has 0 aliphatic rings. The summed E-state index contributed by atoms with van der Waals surface area (Å²) in [6.07, 6.45) is -3.93. The zero-order valence-electron chi connectivity index (χ0n) is 9.85. The predicted octanol–water partition coefficient (Wildman–Crippen LogP) is 3.30. The van der Waals surface area contributed by atoms with Gasteiger partial charge in [-0.05, 0) is 24.3 Å². The number of benzene rings is 2. The zero-order valence-corrected chi connectivity index (χ0v) is 9.85. The molecule has 0 heterocycles. The van der Waals surface area contributed by atoms with E-state index in [4.69, 9.17) is 0 Å². The summed E-state index contributed by atoms with van der Waals surface area (Å²) >= 11 is 0. The number of hydrogen-bond donors (Lipinski definition) is 1. The van der Waals surface area contributed by atoms with Gasteiger partial charge in [-0.1, -0.05) is 36.4 Å². The van der Waals surface area contributed by atoms with Crippen molar-refractivity contribution < 1.29 is 18.3 Å². The van der Waals surface area contributed by atoms with Gasteiger partial charge in [0.25, 0.3) is 0 Å². The number of rotatable bonds is 4. The number of ether oxygens (including phenoxy) is 1. The van der Waals surface area contributed by atoms with Crippen LogP contribution in [0, 0.1) is 0 Å². The Labute approximate surface area is 108 Å². The molecule has 0 bridgehead atoms. The van der Waals surface area contributed by atoms with Crippen LogP contribution in [0.2, 0.25) is 0 Å². The Morgan fingerprint density at radius 2 is 1.47 bits per heavy atom. The Balaban J connectivity index is 2.05. The van der Waals surface area contributed by atoms with E-state index in [1.165, 1.54) is 24.3 Å². The van der Waals surface area contributed by atoms with E-state index in [9.17, 15) is 13.6 Å². The number of amides is 1. The van der Waals surface area contributed by atoms with E-state index in [-0.39, 0.29) is 11.4 Å². The van der Waals surface area contributed by atoms with Crippen molar-refractivity contribution in [2.45, 2.75) is 6.11 Å². The maximum absolute atomic E-state index is 13.6. The lowest BCUT2D eigenvalue weighted by Crippen LogP contribution is -2.39. The molecule has 2 aromatic rings. The van der Waals surface area contributed by atoms with Crippen molar-refractivity contribution in [3.05, 3.63) is 60.7 Å². The van der Waals surface area contributed by atoms with Crippen molar-refractivity contribution in [2.24, 2.45) is 0 Å². The van der Waals surface area contributed by atoms with E-state index in [2.05, 4.69) is 10.1 Å². The van der Waals surface area contributed by atoms with Crippen LogP contribution >= 0.6 is 0 Å². The molecule has 19 heavy (non-hydrogen) atoms. The standard InChI is InChI=1S/C14H11F2NO2/c15-14(16,19-12-9-5-2-6-10-12)13(18)17-11-7-3-1-4-8-11/h1-10H,(H,17,18). The molecule has 1 N–H and O–H groups in total. The lowest BCUT2D eigenvalue weighted by Gasteiger charge is -2.17.